The molecule has 0 N–H and O–H groups in total. The van der Waals surface area contributed by atoms with Crippen molar-refractivity contribution in [3.63, 3.8) is 0 Å². The molecule has 57 heavy (non-hydrogen) atoms. The molecule has 0 spiro atoms. The molecule has 12 heteroatoms. The molecule has 0 aromatic rings. The van der Waals surface area contributed by atoms with Crippen LogP contribution in [0, 0.1) is 0 Å². The lowest BCUT2D eigenvalue weighted by molar-refractivity contribution is -0.312. The number of hydrogen-bond donors (Lipinski definition) is 0. The average Bonchev–Trinajstić information content (AvgIpc) is 3.16. The van der Waals surface area contributed by atoms with Crippen LogP contribution in [-0.2, 0) is 57.1 Å². The van der Waals surface area contributed by atoms with Gasteiger partial charge in [0.25, 0.3) is 0 Å². The summed E-state index contributed by atoms with van der Waals surface area (Å²) < 4.78 is 46.5. The SMILES string of the molecule is CCCCCCCCCCCCCCOCC(COC1O[C@H](COC(C)=O)[C@@H](OC(C)=O)[C@H](OC(C)=O)[C@H]1OC(C)=O)OCCCCCCCCCCCCCC. The highest BCUT2D eigenvalue weighted by Gasteiger charge is 2.53. The van der Waals surface area contributed by atoms with Gasteiger partial charge in [-0.15, -0.1) is 0 Å². The maximum absolute atomic E-state index is 12.3. The fourth-order valence-electron chi connectivity index (χ4n) is 7.12. The molecule has 1 fully saturated rings. The van der Waals surface area contributed by atoms with Crippen molar-refractivity contribution in [2.75, 3.05) is 33.0 Å². The second-order valence-corrected chi connectivity index (χ2v) is 15.7. The van der Waals surface area contributed by atoms with E-state index in [0.717, 1.165) is 25.7 Å². The van der Waals surface area contributed by atoms with Crippen molar-refractivity contribution in [3.05, 3.63) is 0 Å². The fourth-order valence-corrected chi connectivity index (χ4v) is 7.12. The zero-order chi connectivity index (χ0) is 41.9. The summed E-state index contributed by atoms with van der Waals surface area (Å²) in [6, 6.07) is 0. The Balaban J connectivity index is 2.78. The summed E-state index contributed by atoms with van der Waals surface area (Å²) in [6.07, 6.45) is 23.5. The molecule has 0 amide bonds. The normalized spacial score (nSPS) is 19.9. The summed E-state index contributed by atoms with van der Waals surface area (Å²) in [4.78, 5) is 48.3. The molecule has 1 aliphatic heterocycles. The third kappa shape index (κ3) is 28.7. The third-order valence-corrected chi connectivity index (χ3v) is 10.2. The molecule has 1 saturated heterocycles. The molecule has 0 bridgehead atoms. The van der Waals surface area contributed by atoms with Crippen LogP contribution in [0.2, 0.25) is 0 Å². The smallest absolute Gasteiger partial charge is 0.303 e. The van der Waals surface area contributed by atoms with E-state index in [2.05, 4.69) is 13.8 Å². The molecule has 1 aliphatic rings. The van der Waals surface area contributed by atoms with Crippen molar-refractivity contribution in [1.29, 1.82) is 0 Å². The first-order valence-electron chi connectivity index (χ1n) is 22.7. The summed E-state index contributed by atoms with van der Waals surface area (Å²) in [5, 5.41) is 0. The van der Waals surface area contributed by atoms with Gasteiger partial charge in [-0.1, -0.05) is 155 Å². The van der Waals surface area contributed by atoms with Crippen molar-refractivity contribution in [2.45, 2.75) is 232 Å². The van der Waals surface area contributed by atoms with E-state index in [1.807, 2.05) is 0 Å². The number of carbonyl (C=O) groups is 4. The van der Waals surface area contributed by atoms with E-state index in [1.165, 1.54) is 156 Å². The fraction of sp³-hybridized carbons (Fsp3) is 0.911. The first-order chi connectivity index (χ1) is 27.6. The van der Waals surface area contributed by atoms with Crippen LogP contribution < -0.4 is 0 Å². The summed E-state index contributed by atoms with van der Waals surface area (Å²) in [6.45, 7) is 10.5. The van der Waals surface area contributed by atoms with Crippen LogP contribution in [0.3, 0.4) is 0 Å². The van der Waals surface area contributed by atoms with Crippen molar-refractivity contribution < 1.29 is 57.1 Å². The molecule has 0 saturated carbocycles. The number of unbranched alkanes of at least 4 members (excludes halogenated alkanes) is 22. The predicted octanol–water partition coefficient (Wildman–Crippen LogP) is 9.89. The molecular formula is C45H82O12. The maximum Gasteiger partial charge on any atom is 0.303 e. The van der Waals surface area contributed by atoms with Gasteiger partial charge in [0.15, 0.2) is 24.6 Å². The summed E-state index contributed by atoms with van der Waals surface area (Å²) in [5.74, 6) is -2.65. The molecule has 334 valence electrons. The van der Waals surface area contributed by atoms with Crippen molar-refractivity contribution in [2.24, 2.45) is 0 Å². The van der Waals surface area contributed by atoms with Gasteiger partial charge in [0.05, 0.1) is 13.2 Å². The second kappa shape index (κ2) is 35.6. The third-order valence-electron chi connectivity index (χ3n) is 10.2. The number of rotatable bonds is 37. The summed E-state index contributed by atoms with van der Waals surface area (Å²) in [5.41, 5.74) is 0. The van der Waals surface area contributed by atoms with Gasteiger partial charge in [0.2, 0.25) is 0 Å². The van der Waals surface area contributed by atoms with E-state index in [1.54, 1.807) is 0 Å². The molecular weight excluding hydrogens is 732 g/mol. The van der Waals surface area contributed by atoms with Gasteiger partial charge in [-0.2, -0.15) is 0 Å². The lowest BCUT2D eigenvalue weighted by atomic mass is 9.98. The molecule has 0 aromatic carbocycles. The van der Waals surface area contributed by atoms with Gasteiger partial charge in [-0.25, -0.2) is 0 Å². The number of carbonyl (C=O) groups excluding carboxylic acids is 4. The molecule has 2 unspecified atom stereocenters. The second-order valence-electron chi connectivity index (χ2n) is 15.7. The number of esters is 4. The van der Waals surface area contributed by atoms with Crippen LogP contribution in [0.5, 0.6) is 0 Å². The standard InChI is InChI=1S/C45H82O12/c1-7-9-11-13-15-17-19-21-23-25-27-29-31-50-33-40(51-32-30-28-26-24-22-20-18-16-14-12-10-8-2)34-53-45-44(56-39(6)49)43(55-38(5)48)42(54-37(4)47)41(57-45)35-52-36(3)46/h40-45H,7-35H2,1-6H3/t40?,41-,42-,43+,44-,45?/m1/s1. The van der Waals surface area contributed by atoms with Crippen molar-refractivity contribution in [3.8, 4) is 0 Å². The minimum absolute atomic E-state index is 0.0183. The van der Waals surface area contributed by atoms with Gasteiger partial charge in [0.1, 0.15) is 18.8 Å². The molecule has 0 aliphatic carbocycles. The van der Waals surface area contributed by atoms with E-state index in [0.29, 0.717) is 19.8 Å². The van der Waals surface area contributed by atoms with Gasteiger partial charge in [-0.3, -0.25) is 19.2 Å². The van der Waals surface area contributed by atoms with Crippen LogP contribution in [0.1, 0.15) is 196 Å². The number of ether oxygens (including phenoxy) is 8. The lowest BCUT2D eigenvalue weighted by Crippen LogP contribution is -2.63. The van der Waals surface area contributed by atoms with Crippen molar-refractivity contribution in [1.82, 2.24) is 0 Å². The molecule has 1 rings (SSSR count). The van der Waals surface area contributed by atoms with Gasteiger partial charge in [-0.05, 0) is 12.8 Å². The highest BCUT2D eigenvalue weighted by Crippen LogP contribution is 2.30. The summed E-state index contributed by atoms with van der Waals surface area (Å²) in [7, 11) is 0. The van der Waals surface area contributed by atoms with E-state index < -0.39 is 60.7 Å². The van der Waals surface area contributed by atoms with E-state index in [-0.39, 0.29) is 13.2 Å². The predicted molar refractivity (Wildman–Crippen MR) is 221 cm³/mol. The van der Waals surface area contributed by atoms with Gasteiger partial charge >= 0.3 is 23.9 Å². The first kappa shape index (κ1) is 52.7. The van der Waals surface area contributed by atoms with Gasteiger partial charge < -0.3 is 37.9 Å². The van der Waals surface area contributed by atoms with E-state index in [9.17, 15) is 19.2 Å². The monoisotopic (exact) mass is 815 g/mol. The van der Waals surface area contributed by atoms with Crippen LogP contribution in [0.25, 0.3) is 0 Å². The minimum atomic E-state index is -1.29. The Bertz CT molecular complexity index is 1020. The van der Waals surface area contributed by atoms with Gasteiger partial charge in [0, 0.05) is 40.9 Å². The Labute approximate surface area is 345 Å². The molecule has 6 atom stereocenters. The van der Waals surface area contributed by atoms with Crippen LogP contribution in [0.4, 0.5) is 0 Å². The Morgan fingerprint density at radius 3 is 1.32 bits per heavy atom. The quantitative estimate of drug-likeness (QED) is 0.0335. The average molecular weight is 815 g/mol. The Kier molecular flexibility index (Phi) is 33.0. The highest BCUT2D eigenvalue weighted by molar-refractivity contribution is 5.68. The molecule has 0 radical (unpaired) electrons. The lowest BCUT2D eigenvalue weighted by Gasteiger charge is -2.44. The highest BCUT2D eigenvalue weighted by atomic mass is 16.7. The molecule has 1 heterocycles. The Morgan fingerprint density at radius 2 is 0.877 bits per heavy atom. The maximum atomic E-state index is 12.3. The van der Waals surface area contributed by atoms with Crippen LogP contribution >= 0.6 is 0 Å². The van der Waals surface area contributed by atoms with E-state index >= 15 is 0 Å². The largest absolute Gasteiger partial charge is 0.463 e. The van der Waals surface area contributed by atoms with Crippen LogP contribution in [-0.4, -0.2) is 93.7 Å². The molecule has 12 nitrogen and oxygen atoms in total. The Hall–Kier alpha value is -2.28. The zero-order valence-electron chi connectivity index (χ0n) is 36.9. The Morgan fingerprint density at radius 1 is 0.474 bits per heavy atom. The number of hydrogen-bond acceptors (Lipinski definition) is 12. The zero-order valence-corrected chi connectivity index (χ0v) is 36.9. The molecule has 0 aromatic heterocycles. The topological polar surface area (TPSA) is 142 Å². The first-order valence-corrected chi connectivity index (χ1v) is 22.7. The van der Waals surface area contributed by atoms with E-state index in [4.69, 9.17) is 37.9 Å². The summed E-state index contributed by atoms with van der Waals surface area (Å²) >= 11 is 0. The van der Waals surface area contributed by atoms with Crippen LogP contribution in [0.15, 0.2) is 0 Å². The minimum Gasteiger partial charge on any atom is -0.463 e. The van der Waals surface area contributed by atoms with Crippen molar-refractivity contribution >= 4 is 23.9 Å².